The number of carbonyl (C=O) groups excluding carboxylic acids is 3. The monoisotopic (exact) mass is 307 g/mol. The van der Waals surface area contributed by atoms with Gasteiger partial charge in [0.05, 0.1) is 0 Å². The van der Waals surface area contributed by atoms with Crippen LogP contribution in [0.5, 0.6) is 5.75 Å². The van der Waals surface area contributed by atoms with E-state index in [0.29, 0.717) is 11.3 Å². The maximum absolute atomic E-state index is 11.9. The van der Waals surface area contributed by atoms with Gasteiger partial charge in [0.25, 0.3) is 11.8 Å². The largest absolute Gasteiger partial charge is 0.484 e. The van der Waals surface area contributed by atoms with Crippen molar-refractivity contribution in [1.29, 1.82) is 0 Å². The molecule has 0 unspecified atom stereocenters. The van der Waals surface area contributed by atoms with Crippen molar-refractivity contribution in [2.45, 2.75) is 26.3 Å². The quantitative estimate of drug-likeness (QED) is 0.637. The second-order valence-corrected chi connectivity index (χ2v) is 5.01. The molecule has 1 aromatic rings. The lowest BCUT2D eigenvalue weighted by atomic mass is 10.2. The van der Waals surface area contributed by atoms with Crippen molar-refractivity contribution in [2.75, 3.05) is 13.2 Å². The van der Waals surface area contributed by atoms with E-state index in [4.69, 9.17) is 10.5 Å². The summed E-state index contributed by atoms with van der Waals surface area (Å²) in [5.41, 5.74) is 5.41. The number of amides is 3. The highest BCUT2D eigenvalue weighted by atomic mass is 16.5. The highest BCUT2D eigenvalue weighted by molar-refractivity contribution is 5.94. The summed E-state index contributed by atoms with van der Waals surface area (Å²) in [5.74, 6) is -0.502. The van der Waals surface area contributed by atoms with Gasteiger partial charge in [-0.1, -0.05) is 0 Å². The number of hydrogen-bond acceptors (Lipinski definition) is 4. The molecule has 7 heteroatoms. The molecule has 0 bridgehead atoms. The van der Waals surface area contributed by atoms with E-state index in [2.05, 4.69) is 10.6 Å². The first kappa shape index (κ1) is 17.5. The van der Waals surface area contributed by atoms with Crippen LogP contribution in [-0.4, -0.2) is 36.9 Å². The predicted octanol–water partition coefficient (Wildman–Crippen LogP) is 0.195. The zero-order valence-corrected chi connectivity index (χ0v) is 12.7. The Morgan fingerprint density at radius 1 is 1.18 bits per heavy atom. The number of hydrogen-bond donors (Lipinski definition) is 3. The predicted molar refractivity (Wildman–Crippen MR) is 81.4 cm³/mol. The molecule has 0 heterocycles. The number of nitrogens with two attached hydrogens (primary N) is 1. The van der Waals surface area contributed by atoms with E-state index in [-0.39, 0.29) is 37.4 Å². The highest BCUT2D eigenvalue weighted by Gasteiger charge is 2.08. The van der Waals surface area contributed by atoms with Gasteiger partial charge < -0.3 is 21.1 Å². The highest BCUT2D eigenvalue weighted by Crippen LogP contribution is 2.11. The first-order chi connectivity index (χ1) is 10.4. The molecular formula is C15H21N3O4. The van der Waals surface area contributed by atoms with Gasteiger partial charge in [-0.15, -0.1) is 0 Å². The van der Waals surface area contributed by atoms with Crippen molar-refractivity contribution in [3.8, 4) is 5.75 Å². The number of benzene rings is 1. The first-order valence-corrected chi connectivity index (χ1v) is 6.97. The lowest BCUT2D eigenvalue weighted by Crippen LogP contribution is -2.34. The van der Waals surface area contributed by atoms with Crippen LogP contribution in [0.3, 0.4) is 0 Å². The van der Waals surface area contributed by atoms with Gasteiger partial charge in [-0.05, 0) is 38.1 Å². The average Bonchev–Trinajstić information content (AvgIpc) is 2.44. The van der Waals surface area contributed by atoms with Gasteiger partial charge in [-0.25, -0.2) is 0 Å². The molecule has 1 aromatic carbocycles. The van der Waals surface area contributed by atoms with Gasteiger partial charge in [-0.2, -0.15) is 0 Å². The SMILES string of the molecule is CC(C)NC(=O)CCNC(=O)c1ccc(OCC(N)=O)cc1. The molecule has 7 nitrogen and oxygen atoms in total. The third-order valence-corrected chi connectivity index (χ3v) is 2.58. The van der Waals surface area contributed by atoms with E-state index in [1.54, 1.807) is 24.3 Å². The summed E-state index contributed by atoms with van der Waals surface area (Å²) in [5, 5.41) is 5.40. The second kappa shape index (κ2) is 8.66. The summed E-state index contributed by atoms with van der Waals surface area (Å²) in [4.78, 5) is 33.9. The van der Waals surface area contributed by atoms with Crippen LogP contribution in [-0.2, 0) is 9.59 Å². The molecule has 0 aliphatic rings. The fourth-order valence-corrected chi connectivity index (χ4v) is 1.64. The maximum atomic E-state index is 11.9. The minimum atomic E-state index is -0.568. The number of primary amides is 1. The van der Waals surface area contributed by atoms with Gasteiger partial charge in [0.1, 0.15) is 5.75 Å². The summed E-state index contributed by atoms with van der Waals surface area (Å²) in [6.45, 7) is 3.80. The van der Waals surface area contributed by atoms with Crippen molar-refractivity contribution in [2.24, 2.45) is 5.73 Å². The van der Waals surface area contributed by atoms with E-state index in [1.807, 2.05) is 13.8 Å². The van der Waals surface area contributed by atoms with E-state index in [0.717, 1.165) is 0 Å². The molecule has 0 atom stereocenters. The second-order valence-electron chi connectivity index (χ2n) is 5.01. The standard InChI is InChI=1S/C15H21N3O4/c1-10(2)18-14(20)7-8-17-15(21)11-3-5-12(6-4-11)22-9-13(16)19/h3-6,10H,7-9H2,1-2H3,(H2,16,19)(H,17,21)(H,18,20). The first-order valence-electron chi connectivity index (χ1n) is 6.97. The van der Waals surface area contributed by atoms with Crippen LogP contribution in [0.25, 0.3) is 0 Å². The minimum Gasteiger partial charge on any atom is -0.484 e. The van der Waals surface area contributed by atoms with Gasteiger partial charge >= 0.3 is 0 Å². The Kier molecular flexibility index (Phi) is 6.88. The molecule has 0 spiro atoms. The molecule has 0 aliphatic carbocycles. The third kappa shape index (κ3) is 6.74. The molecular weight excluding hydrogens is 286 g/mol. The van der Waals surface area contributed by atoms with Gasteiger partial charge in [-0.3, -0.25) is 14.4 Å². The number of carbonyl (C=O) groups is 3. The summed E-state index contributed by atoms with van der Waals surface area (Å²) in [6.07, 6.45) is 0.226. The van der Waals surface area contributed by atoms with Gasteiger partial charge in [0, 0.05) is 24.6 Å². The molecule has 120 valence electrons. The summed E-state index contributed by atoms with van der Waals surface area (Å²) < 4.78 is 5.09. The molecule has 4 N–H and O–H groups in total. The van der Waals surface area contributed by atoms with E-state index < -0.39 is 5.91 Å². The molecule has 0 aliphatic heterocycles. The van der Waals surface area contributed by atoms with Crippen molar-refractivity contribution < 1.29 is 19.1 Å². The van der Waals surface area contributed by atoms with Crippen LogP contribution in [0.1, 0.15) is 30.6 Å². The van der Waals surface area contributed by atoms with Crippen molar-refractivity contribution in [3.05, 3.63) is 29.8 Å². The Balaban J connectivity index is 2.39. The molecule has 0 fully saturated rings. The average molecular weight is 307 g/mol. The zero-order chi connectivity index (χ0) is 16.5. The number of ether oxygens (including phenoxy) is 1. The van der Waals surface area contributed by atoms with Crippen molar-refractivity contribution in [3.63, 3.8) is 0 Å². The van der Waals surface area contributed by atoms with E-state index in [9.17, 15) is 14.4 Å². The fraction of sp³-hybridized carbons (Fsp3) is 0.400. The third-order valence-electron chi connectivity index (χ3n) is 2.58. The molecule has 0 saturated heterocycles. The molecule has 22 heavy (non-hydrogen) atoms. The van der Waals surface area contributed by atoms with E-state index in [1.165, 1.54) is 0 Å². The van der Waals surface area contributed by atoms with Crippen LogP contribution < -0.4 is 21.1 Å². The molecule has 0 radical (unpaired) electrons. The molecule has 1 rings (SSSR count). The molecule has 0 aromatic heterocycles. The van der Waals surface area contributed by atoms with Gasteiger partial charge in [0.2, 0.25) is 5.91 Å². The minimum absolute atomic E-state index is 0.0798. The van der Waals surface area contributed by atoms with Crippen LogP contribution >= 0.6 is 0 Å². The summed E-state index contributed by atoms with van der Waals surface area (Å²) in [7, 11) is 0. The van der Waals surface area contributed by atoms with Crippen LogP contribution in [0, 0.1) is 0 Å². The smallest absolute Gasteiger partial charge is 0.255 e. The molecule has 3 amide bonds. The Labute approximate surface area is 129 Å². The number of rotatable bonds is 8. The van der Waals surface area contributed by atoms with Crippen molar-refractivity contribution >= 4 is 17.7 Å². The van der Waals surface area contributed by atoms with E-state index >= 15 is 0 Å². The van der Waals surface area contributed by atoms with Crippen molar-refractivity contribution in [1.82, 2.24) is 10.6 Å². The fourth-order valence-electron chi connectivity index (χ4n) is 1.64. The summed E-state index contributed by atoms with van der Waals surface area (Å²) in [6, 6.07) is 6.36. The van der Waals surface area contributed by atoms with Crippen LogP contribution in [0.15, 0.2) is 24.3 Å². The number of nitrogens with one attached hydrogen (secondary N) is 2. The zero-order valence-electron chi connectivity index (χ0n) is 12.7. The Bertz CT molecular complexity index is 526. The Morgan fingerprint density at radius 3 is 2.36 bits per heavy atom. The lowest BCUT2D eigenvalue weighted by Gasteiger charge is -2.09. The van der Waals surface area contributed by atoms with Gasteiger partial charge in [0.15, 0.2) is 6.61 Å². The topological polar surface area (TPSA) is 111 Å². The molecule has 0 saturated carbocycles. The maximum Gasteiger partial charge on any atom is 0.255 e. The van der Waals surface area contributed by atoms with Crippen LogP contribution in [0.4, 0.5) is 0 Å². The summed E-state index contributed by atoms with van der Waals surface area (Å²) >= 11 is 0. The van der Waals surface area contributed by atoms with Crippen LogP contribution in [0.2, 0.25) is 0 Å². The lowest BCUT2D eigenvalue weighted by molar-refractivity contribution is -0.121. The normalized spacial score (nSPS) is 10.1. The Hall–Kier alpha value is -2.57. The Morgan fingerprint density at radius 2 is 1.82 bits per heavy atom.